The second-order valence-electron chi connectivity index (χ2n) is 6.44. The number of aliphatic hydroxyl groups excluding tert-OH is 1. The zero-order valence-electron chi connectivity index (χ0n) is 15.5. The number of aliphatic hydroxyl groups is 1. The van der Waals surface area contributed by atoms with Gasteiger partial charge in [0.1, 0.15) is 18.0 Å². The van der Waals surface area contributed by atoms with Gasteiger partial charge in [-0.25, -0.2) is 8.78 Å². The predicted octanol–water partition coefficient (Wildman–Crippen LogP) is 5.19. The molecule has 7 heteroatoms. The van der Waals surface area contributed by atoms with Crippen molar-refractivity contribution < 1.29 is 13.9 Å². The summed E-state index contributed by atoms with van der Waals surface area (Å²) in [6, 6.07) is 7.14. The van der Waals surface area contributed by atoms with E-state index in [1.165, 1.54) is 35.0 Å². The van der Waals surface area contributed by atoms with Gasteiger partial charge in [0.2, 0.25) is 0 Å². The fraction of sp³-hybridized carbons (Fsp3) is 0.238. The van der Waals surface area contributed by atoms with Crippen molar-refractivity contribution in [3.63, 3.8) is 0 Å². The number of hydrogen-bond donors (Lipinski definition) is 1. The van der Waals surface area contributed by atoms with Crippen LogP contribution in [0.25, 0.3) is 5.65 Å². The van der Waals surface area contributed by atoms with Crippen LogP contribution in [0.2, 0.25) is 0 Å². The highest BCUT2D eigenvalue weighted by atomic mass is 32.2. The fourth-order valence-corrected chi connectivity index (χ4v) is 3.53. The van der Waals surface area contributed by atoms with Crippen molar-refractivity contribution in [1.82, 2.24) is 14.6 Å². The average Bonchev–Trinajstić information content (AvgIpc) is 3.04. The van der Waals surface area contributed by atoms with E-state index in [-0.39, 0.29) is 6.61 Å². The summed E-state index contributed by atoms with van der Waals surface area (Å²) in [5.74, 6) is -1.14. The molecule has 1 aliphatic carbocycles. The molecular formula is C21H21F2N3OS. The lowest BCUT2D eigenvalue weighted by atomic mass is 10.1. The van der Waals surface area contributed by atoms with Gasteiger partial charge in [-0.3, -0.25) is 4.40 Å². The largest absolute Gasteiger partial charge is 0.392 e. The highest BCUT2D eigenvalue weighted by Gasteiger charge is 2.06. The van der Waals surface area contributed by atoms with Gasteiger partial charge in [0.25, 0.3) is 0 Å². The molecule has 2 heterocycles. The van der Waals surface area contributed by atoms with E-state index in [1.54, 1.807) is 23.0 Å². The Bertz CT molecular complexity index is 1010. The first kappa shape index (κ1) is 20.2. The summed E-state index contributed by atoms with van der Waals surface area (Å²) < 4.78 is 28.0. The van der Waals surface area contributed by atoms with Crippen LogP contribution < -0.4 is 0 Å². The molecule has 1 aromatic carbocycles. The van der Waals surface area contributed by atoms with E-state index in [0.29, 0.717) is 4.90 Å². The number of halogens is 2. The van der Waals surface area contributed by atoms with Crippen molar-refractivity contribution in [3.8, 4) is 0 Å². The number of allylic oxidation sites excluding steroid dienone is 3. The highest BCUT2D eigenvalue weighted by Crippen LogP contribution is 2.30. The minimum atomic E-state index is -0.578. The summed E-state index contributed by atoms with van der Waals surface area (Å²) in [4.78, 5) is 1.21. The van der Waals surface area contributed by atoms with E-state index in [4.69, 9.17) is 5.11 Å². The standard InChI is InChI=1S/C12H7F2N3S.C9H14O/c13-8-1-3-11(10(14)5-8)18-9-2-4-12-16-15-7-17(12)6-9;1-8-3-2-4-9(7-10)6-5-8/h1-7H;3-4,10H,2,5-7H2,1H3. The van der Waals surface area contributed by atoms with Crippen LogP contribution in [0, 0.1) is 11.6 Å². The number of benzene rings is 1. The van der Waals surface area contributed by atoms with Crippen LogP contribution in [0.1, 0.15) is 26.2 Å². The molecule has 0 aliphatic heterocycles. The maximum Gasteiger partial charge on any atom is 0.160 e. The van der Waals surface area contributed by atoms with Gasteiger partial charge in [0.05, 0.1) is 6.61 Å². The summed E-state index contributed by atoms with van der Waals surface area (Å²) >= 11 is 1.22. The van der Waals surface area contributed by atoms with Crippen LogP contribution in [-0.2, 0) is 0 Å². The fourth-order valence-electron chi connectivity index (χ4n) is 2.68. The van der Waals surface area contributed by atoms with Gasteiger partial charge in [0, 0.05) is 22.1 Å². The summed E-state index contributed by atoms with van der Waals surface area (Å²) in [5, 5.41) is 16.4. The maximum absolute atomic E-state index is 13.5. The maximum atomic E-state index is 13.5. The predicted molar refractivity (Wildman–Crippen MR) is 106 cm³/mol. The Balaban J connectivity index is 0.000000192. The molecule has 3 aromatic rings. The third-order valence-corrected chi connectivity index (χ3v) is 5.33. The SMILES string of the molecule is CC1=CCC=C(CO)CC1.Fc1ccc(Sc2ccc3nncn3c2)c(F)c1. The van der Waals surface area contributed by atoms with Crippen molar-refractivity contribution >= 4 is 17.4 Å². The Kier molecular flexibility index (Phi) is 6.95. The molecule has 146 valence electrons. The molecule has 2 aromatic heterocycles. The van der Waals surface area contributed by atoms with E-state index < -0.39 is 11.6 Å². The third kappa shape index (κ3) is 5.50. The molecule has 4 nitrogen and oxygen atoms in total. The minimum absolute atomic E-state index is 0.237. The minimum Gasteiger partial charge on any atom is -0.392 e. The van der Waals surface area contributed by atoms with Crippen LogP contribution in [0.4, 0.5) is 8.78 Å². The van der Waals surface area contributed by atoms with Gasteiger partial charge in [-0.1, -0.05) is 29.5 Å². The highest BCUT2D eigenvalue weighted by molar-refractivity contribution is 7.99. The molecule has 0 atom stereocenters. The summed E-state index contributed by atoms with van der Waals surface area (Å²) in [6.07, 6.45) is 10.9. The first-order valence-corrected chi connectivity index (χ1v) is 9.73. The molecule has 0 spiro atoms. The number of rotatable bonds is 3. The van der Waals surface area contributed by atoms with E-state index >= 15 is 0 Å². The Morgan fingerprint density at radius 3 is 2.79 bits per heavy atom. The van der Waals surface area contributed by atoms with E-state index in [9.17, 15) is 8.78 Å². The lowest BCUT2D eigenvalue weighted by molar-refractivity contribution is 0.326. The van der Waals surface area contributed by atoms with Crippen molar-refractivity contribution in [2.45, 2.75) is 36.0 Å². The van der Waals surface area contributed by atoms with Gasteiger partial charge in [-0.05, 0) is 56.0 Å². The number of nitrogens with zero attached hydrogens (tertiary/aromatic N) is 3. The Morgan fingerprint density at radius 2 is 2.00 bits per heavy atom. The van der Waals surface area contributed by atoms with E-state index in [2.05, 4.69) is 29.3 Å². The number of hydrogen-bond acceptors (Lipinski definition) is 4. The van der Waals surface area contributed by atoms with Crippen LogP contribution in [0.5, 0.6) is 0 Å². The Morgan fingerprint density at radius 1 is 1.14 bits per heavy atom. The number of fused-ring (bicyclic) bond motifs is 1. The first-order valence-electron chi connectivity index (χ1n) is 8.92. The summed E-state index contributed by atoms with van der Waals surface area (Å²) in [7, 11) is 0. The second kappa shape index (κ2) is 9.61. The van der Waals surface area contributed by atoms with Gasteiger partial charge in [0.15, 0.2) is 5.65 Å². The molecule has 0 unspecified atom stereocenters. The average molecular weight is 401 g/mol. The van der Waals surface area contributed by atoms with E-state index in [1.807, 2.05) is 6.07 Å². The third-order valence-electron chi connectivity index (χ3n) is 4.30. The van der Waals surface area contributed by atoms with Crippen LogP contribution in [0.3, 0.4) is 0 Å². The Labute approximate surface area is 166 Å². The molecule has 0 saturated heterocycles. The Hall–Kier alpha value is -2.51. The zero-order chi connectivity index (χ0) is 19.9. The van der Waals surface area contributed by atoms with Crippen LogP contribution in [0.15, 0.2) is 75.9 Å². The molecule has 0 radical (unpaired) electrons. The lowest BCUT2D eigenvalue weighted by Crippen LogP contribution is -1.88. The zero-order valence-corrected chi connectivity index (χ0v) is 16.3. The van der Waals surface area contributed by atoms with Gasteiger partial charge in [-0.15, -0.1) is 10.2 Å². The molecule has 4 rings (SSSR count). The van der Waals surface area contributed by atoms with Crippen molar-refractivity contribution in [2.75, 3.05) is 6.61 Å². The normalized spacial score (nSPS) is 14.0. The molecule has 0 amide bonds. The van der Waals surface area contributed by atoms with Gasteiger partial charge >= 0.3 is 0 Å². The van der Waals surface area contributed by atoms with Gasteiger partial charge < -0.3 is 5.11 Å². The molecule has 1 aliphatic rings. The smallest absolute Gasteiger partial charge is 0.160 e. The second-order valence-corrected chi connectivity index (χ2v) is 7.56. The van der Waals surface area contributed by atoms with Crippen LogP contribution in [-0.4, -0.2) is 26.3 Å². The summed E-state index contributed by atoms with van der Waals surface area (Å²) in [6.45, 7) is 2.38. The molecule has 0 fully saturated rings. The molecule has 0 saturated carbocycles. The monoisotopic (exact) mass is 401 g/mol. The topological polar surface area (TPSA) is 50.4 Å². The van der Waals surface area contributed by atoms with Crippen molar-refractivity contribution in [3.05, 3.63) is 77.8 Å². The molecule has 1 N–H and O–H groups in total. The van der Waals surface area contributed by atoms with Gasteiger partial charge in [-0.2, -0.15) is 0 Å². The number of aromatic nitrogens is 3. The molecular weight excluding hydrogens is 380 g/mol. The quantitative estimate of drug-likeness (QED) is 0.614. The van der Waals surface area contributed by atoms with Crippen LogP contribution >= 0.6 is 11.8 Å². The van der Waals surface area contributed by atoms with Crippen molar-refractivity contribution in [2.24, 2.45) is 0 Å². The summed E-state index contributed by atoms with van der Waals surface area (Å²) in [5.41, 5.74) is 3.35. The first-order chi connectivity index (χ1) is 13.5. The molecule has 28 heavy (non-hydrogen) atoms. The molecule has 0 bridgehead atoms. The van der Waals surface area contributed by atoms with Crippen molar-refractivity contribution in [1.29, 1.82) is 0 Å². The van der Waals surface area contributed by atoms with E-state index in [0.717, 1.165) is 35.9 Å². The number of pyridine rings is 1. The lowest BCUT2D eigenvalue weighted by Gasteiger charge is -2.03.